The highest BCUT2D eigenvalue weighted by atomic mass is 16.3. The average molecular weight is 301 g/mol. The lowest BCUT2D eigenvalue weighted by atomic mass is 10.0. The third-order valence-electron chi connectivity index (χ3n) is 4.51. The number of hydrogen-bond donors (Lipinski definition) is 1. The zero-order valence-corrected chi connectivity index (χ0v) is 12.8. The number of anilines is 1. The van der Waals surface area contributed by atoms with Gasteiger partial charge < -0.3 is 10.0 Å². The SMILES string of the molecule is O[C@H](c1ccccc1)[C@H]1[C@H](c2ccccc2)N1c1ccccc1. The minimum absolute atomic E-state index is 0.0715. The molecule has 1 saturated heterocycles. The Balaban J connectivity index is 1.69. The van der Waals surface area contributed by atoms with Crippen LogP contribution >= 0.6 is 0 Å². The Morgan fingerprint density at radius 1 is 0.696 bits per heavy atom. The number of para-hydroxylation sites is 1. The van der Waals surface area contributed by atoms with Gasteiger partial charge >= 0.3 is 0 Å². The van der Waals surface area contributed by atoms with E-state index in [4.69, 9.17) is 0 Å². The van der Waals surface area contributed by atoms with Crippen LogP contribution < -0.4 is 4.90 Å². The molecule has 1 aliphatic rings. The quantitative estimate of drug-likeness (QED) is 0.724. The lowest BCUT2D eigenvalue weighted by Crippen LogP contribution is -2.10. The molecular weight excluding hydrogens is 282 g/mol. The van der Waals surface area contributed by atoms with Crippen LogP contribution in [0.15, 0.2) is 91.0 Å². The lowest BCUT2D eigenvalue weighted by Gasteiger charge is -2.11. The van der Waals surface area contributed by atoms with Crippen molar-refractivity contribution in [1.29, 1.82) is 0 Å². The minimum Gasteiger partial charge on any atom is -0.386 e. The minimum atomic E-state index is -0.499. The lowest BCUT2D eigenvalue weighted by molar-refractivity contribution is 0.176. The molecule has 4 rings (SSSR count). The van der Waals surface area contributed by atoms with E-state index in [0.29, 0.717) is 0 Å². The van der Waals surface area contributed by atoms with Crippen molar-refractivity contribution >= 4 is 5.69 Å². The molecule has 2 nitrogen and oxygen atoms in total. The summed E-state index contributed by atoms with van der Waals surface area (Å²) in [6, 6.07) is 30.9. The zero-order chi connectivity index (χ0) is 15.6. The van der Waals surface area contributed by atoms with Crippen molar-refractivity contribution in [2.75, 3.05) is 4.90 Å². The van der Waals surface area contributed by atoms with Gasteiger partial charge in [0, 0.05) is 5.69 Å². The van der Waals surface area contributed by atoms with Crippen LogP contribution in [0.2, 0.25) is 0 Å². The van der Waals surface area contributed by atoms with Crippen LogP contribution in [0.4, 0.5) is 5.69 Å². The fraction of sp³-hybridized carbons (Fsp3) is 0.143. The first-order valence-corrected chi connectivity index (χ1v) is 7.97. The number of hydrogen-bond acceptors (Lipinski definition) is 2. The van der Waals surface area contributed by atoms with Gasteiger partial charge in [-0.15, -0.1) is 0 Å². The van der Waals surface area contributed by atoms with Crippen LogP contribution in [0.3, 0.4) is 0 Å². The van der Waals surface area contributed by atoms with Crippen molar-refractivity contribution in [3.63, 3.8) is 0 Å². The van der Waals surface area contributed by atoms with Crippen molar-refractivity contribution < 1.29 is 5.11 Å². The maximum absolute atomic E-state index is 10.9. The molecule has 2 heteroatoms. The average Bonchev–Trinajstić information content (AvgIpc) is 3.39. The van der Waals surface area contributed by atoms with Crippen molar-refractivity contribution in [3.05, 3.63) is 102 Å². The normalized spacial score (nSPS) is 21.0. The van der Waals surface area contributed by atoms with E-state index in [2.05, 4.69) is 41.3 Å². The molecule has 0 unspecified atom stereocenters. The van der Waals surface area contributed by atoms with Crippen LogP contribution in [0.5, 0.6) is 0 Å². The van der Waals surface area contributed by atoms with Gasteiger partial charge in [0.1, 0.15) is 6.10 Å². The van der Waals surface area contributed by atoms with Crippen molar-refractivity contribution in [2.45, 2.75) is 18.2 Å². The number of nitrogens with zero attached hydrogens (tertiary/aromatic N) is 1. The first-order chi connectivity index (χ1) is 11.4. The monoisotopic (exact) mass is 301 g/mol. The molecule has 0 saturated carbocycles. The van der Waals surface area contributed by atoms with Gasteiger partial charge in [0.2, 0.25) is 0 Å². The fourth-order valence-corrected chi connectivity index (χ4v) is 3.36. The molecule has 1 aliphatic heterocycles. The van der Waals surface area contributed by atoms with Crippen molar-refractivity contribution in [1.82, 2.24) is 0 Å². The van der Waals surface area contributed by atoms with E-state index in [0.717, 1.165) is 11.3 Å². The van der Waals surface area contributed by atoms with Gasteiger partial charge in [-0.1, -0.05) is 78.9 Å². The molecule has 3 atom stereocenters. The largest absolute Gasteiger partial charge is 0.386 e. The molecule has 0 spiro atoms. The molecule has 0 bridgehead atoms. The van der Waals surface area contributed by atoms with Crippen molar-refractivity contribution in [3.8, 4) is 0 Å². The maximum atomic E-state index is 10.9. The summed E-state index contributed by atoms with van der Waals surface area (Å²) in [5.41, 5.74) is 3.37. The third-order valence-corrected chi connectivity index (χ3v) is 4.51. The summed E-state index contributed by atoms with van der Waals surface area (Å²) in [6.45, 7) is 0. The molecule has 0 aliphatic carbocycles. The molecule has 0 amide bonds. The number of aliphatic hydroxyl groups is 1. The Morgan fingerprint density at radius 2 is 1.22 bits per heavy atom. The molecule has 114 valence electrons. The highest BCUT2D eigenvalue weighted by Crippen LogP contribution is 2.51. The van der Waals surface area contributed by atoms with Gasteiger partial charge in [-0.2, -0.15) is 0 Å². The van der Waals surface area contributed by atoms with E-state index in [1.165, 1.54) is 5.56 Å². The highest BCUT2D eigenvalue weighted by molar-refractivity contribution is 5.60. The highest BCUT2D eigenvalue weighted by Gasteiger charge is 2.52. The summed E-state index contributed by atoms with van der Waals surface area (Å²) < 4.78 is 0. The Kier molecular flexibility index (Phi) is 3.60. The summed E-state index contributed by atoms with van der Waals surface area (Å²) in [4.78, 5) is 2.30. The van der Waals surface area contributed by atoms with E-state index in [-0.39, 0.29) is 12.1 Å². The summed E-state index contributed by atoms with van der Waals surface area (Å²) in [6.07, 6.45) is -0.499. The van der Waals surface area contributed by atoms with Crippen LogP contribution in [-0.4, -0.2) is 11.1 Å². The molecule has 0 aromatic heterocycles. The molecule has 23 heavy (non-hydrogen) atoms. The van der Waals surface area contributed by atoms with E-state index in [1.807, 2.05) is 54.6 Å². The topological polar surface area (TPSA) is 23.2 Å². The van der Waals surface area contributed by atoms with Crippen LogP contribution in [0.25, 0.3) is 0 Å². The fourth-order valence-electron chi connectivity index (χ4n) is 3.36. The maximum Gasteiger partial charge on any atom is 0.102 e. The Bertz CT molecular complexity index is 712. The molecule has 1 heterocycles. The standard InChI is InChI=1S/C21H19NO/c23-21(17-12-6-2-7-13-17)20-19(16-10-4-1-5-11-16)22(20)18-14-8-3-9-15-18/h1-15,19-21,23H/t19-,20+,21+,22?/m0/s1. The van der Waals surface area contributed by atoms with Gasteiger partial charge in [0.15, 0.2) is 0 Å². The Morgan fingerprint density at radius 3 is 1.83 bits per heavy atom. The summed E-state index contributed by atoms with van der Waals surface area (Å²) in [5.74, 6) is 0. The summed E-state index contributed by atoms with van der Waals surface area (Å²) >= 11 is 0. The van der Waals surface area contributed by atoms with Gasteiger partial charge in [-0.3, -0.25) is 0 Å². The Labute approximate surface area is 136 Å². The zero-order valence-electron chi connectivity index (χ0n) is 12.8. The van der Waals surface area contributed by atoms with Crippen LogP contribution in [0.1, 0.15) is 23.3 Å². The molecular formula is C21H19NO. The van der Waals surface area contributed by atoms with Gasteiger partial charge in [-0.25, -0.2) is 0 Å². The van der Waals surface area contributed by atoms with E-state index < -0.39 is 6.10 Å². The first kappa shape index (κ1) is 14.0. The third kappa shape index (κ3) is 2.62. The molecule has 1 fully saturated rings. The number of aliphatic hydroxyl groups excluding tert-OH is 1. The van der Waals surface area contributed by atoms with Gasteiger partial charge in [0.05, 0.1) is 12.1 Å². The first-order valence-electron chi connectivity index (χ1n) is 7.97. The number of rotatable bonds is 4. The second-order valence-corrected chi connectivity index (χ2v) is 5.94. The predicted molar refractivity (Wildman–Crippen MR) is 93.3 cm³/mol. The van der Waals surface area contributed by atoms with Crippen molar-refractivity contribution in [2.24, 2.45) is 0 Å². The molecule has 3 aromatic rings. The number of benzene rings is 3. The Hall–Kier alpha value is -2.58. The molecule has 1 N–H and O–H groups in total. The summed E-state index contributed by atoms with van der Waals surface area (Å²) in [5, 5.41) is 10.9. The van der Waals surface area contributed by atoms with E-state index >= 15 is 0 Å². The second-order valence-electron chi connectivity index (χ2n) is 5.94. The smallest absolute Gasteiger partial charge is 0.102 e. The predicted octanol–water partition coefficient (Wildman–Crippen LogP) is 4.35. The van der Waals surface area contributed by atoms with Crippen LogP contribution in [0, 0.1) is 0 Å². The molecule has 0 radical (unpaired) electrons. The van der Waals surface area contributed by atoms with Gasteiger partial charge in [-0.05, 0) is 23.3 Å². The van der Waals surface area contributed by atoms with E-state index in [1.54, 1.807) is 0 Å². The second kappa shape index (κ2) is 5.90. The summed E-state index contributed by atoms with van der Waals surface area (Å²) in [7, 11) is 0. The molecule has 3 aromatic carbocycles. The van der Waals surface area contributed by atoms with Crippen LogP contribution in [-0.2, 0) is 0 Å². The van der Waals surface area contributed by atoms with Gasteiger partial charge in [0.25, 0.3) is 0 Å². The van der Waals surface area contributed by atoms with E-state index in [9.17, 15) is 5.11 Å².